The number of hydrogen-bond acceptors (Lipinski definition) is 5. The number of aromatic nitrogens is 4. The van der Waals surface area contributed by atoms with Gasteiger partial charge in [-0.15, -0.1) is 0 Å². The lowest BCUT2D eigenvalue weighted by molar-refractivity contribution is -0.0136. The number of fused-ring (bicyclic) bond motifs is 1. The van der Waals surface area contributed by atoms with Crippen LogP contribution in [0.1, 0.15) is 28.7 Å². The fraction of sp³-hybridized carbons (Fsp3) is 0.389. The minimum Gasteiger partial charge on any atom is -0.378 e. The van der Waals surface area contributed by atoms with Gasteiger partial charge in [0.1, 0.15) is 5.65 Å². The zero-order chi connectivity index (χ0) is 17.4. The molecule has 130 valence electrons. The summed E-state index contributed by atoms with van der Waals surface area (Å²) in [7, 11) is 0. The van der Waals surface area contributed by atoms with Gasteiger partial charge in [-0.1, -0.05) is 6.07 Å². The van der Waals surface area contributed by atoms with Gasteiger partial charge in [0.25, 0.3) is 5.56 Å². The van der Waals surface area contributed by atoms with Gasteiger partial charge in [-0.05, 0) is 26.0 Å². The van der Waals surface area contributed by atoms with Crippen molar-refractivity contribution in [1.82, 2.24) is 24.5 Å². The van der Waals surface area contributed by atoms with Crippen molar-refractivity contribution >= 4 is 5.65 Å². The maximum absolute atomic E-state index is 12.3. The van der Waals surface area contributed by atoms with Crippen LogP contribution in [0.3, 0.4) is 0 Å². The molecule has 1 atom stereocenters. The number of nitrogens with zero attached hydrogens (tertiary/aromatic N) is 4. The molecule has 4 heterocycles. The number of nitrogens with one attached hydrogen (secondary N) is 1. The predicted octanol–water partition coefficient (Wildman–Crippen LogP) is 1.61. The molecule has 1 unspecified atom stereocenters. The van der Waals surface area contributed by atoms with Gasteiger partial charge in [0.15, 0.2) is 0 Å². The fourth-order valence-corrected chi connectivity index (χ4v) is 3.54. The van der Waals surface area contributed by atoms with Crippen LogP contribution < -0.4 is 5.56 Å². The fourth-order valence-electron chi connectivity index (χ4n) is 3.54. The molecule has 25 heavy (non-hydrogen) atoms. The van der Waals surface area contributed by atoms with Gasteiger partial charge in [0.2, 0.25) is 0 Å². The number of aromatic amines is 1. The van der Waals surface area contributed by atoms with E-state index in [0.717, 1.165) is 23.6 Å². The average molecular weight is 339 g/mol. The van der Waals surface area contributed by atoms with E-state index in [4.69, 9.17) is 4.74 Å². The van der Waals surface area contributed by atoms with E-state index < -0.39 is 0 Å². The molecule has 3 aromatic rings. The number of rotatable bonds is 3. The molecule has 0 spiro atoms. The second-order valence-corrected chi connectivity index (χ2v) is 6.42. The Balaban J connectivity index is 1.67. The van der Waals surface area contributed by atoms with Gasteiger partial charge in [-0.2, -0.15) is 5.10 Å². The van der Waals surface area contributed by atoms with Crippen LogP contribution in [0, 0.1) is 13.8 Å². The largest absolute Gasteiger partial charge is 0.378 e. The Morgan fingerprint density at radius 1 is 1.36 bits per heavy atom. The molecule has 1 aliphatic heterocycles. The molecule has 0 radical (unpaired) electrons. The highest BCUT2D eigenvalue weighted by Crippen LogP contribution is 2.29. The van der Waals surface area contributed by atoms with Crippen molar-refractivity contribution in [3.05, 3.63) is 63.5 Å². The van der Waals surface area contributed by atoms with Crippen LogP contribution in [0.25, 0.3) is 5.65 Å². The topological polar surface area (TPSA) is 75.5 Å². The number of ether oxygens (including phenoxy) is 1. The Labute approximate surface area is 145 Å². The number of hydrogen-bond donors (Lipinski definition) is 1. The molecule has 1 saturated heterocycles. The summed E-state index contributed by atoms with van der Waals surface area (Å²) in [5, 5.41) is 7.36. The summed E-state index contributed by atoms with van der Waals surface area (Å²) in [6.07, 6.45) is 1.74. The number of morpholine rings is 1. The lowest BCUT2D eigenvalue weighted by Gasteiger charge is -2.35. The van der Waals surface area contributed by atoms with Crippen LogP contribution in [0.4, 0.5) is 0 Å². The molecule has 0 aromatic carbocycles. The first-order valence-corrected chi connectivity index (χ1v) is 8.44. The Hall–Kier alpha value is -2.51. The first-order valence-electron chi connectivity index (χ1n) is 8.44. The van der Waals surface area contributed by atoms with E-state index in [1.807, 2.05) is 32.0 Å². The van der Waals surface area contributed by atoms with E-state index in [-0.39, 0.29) is 11.6 Å². The quantitative estimate of drug-likeness (QED) is 0.785. The van der Waals surface area contributed by atoms with E-state index >= 15 is 0 Å². The Kier molecular flexibility index (Phi) is 4.10. The summed E-state index contributed by atoms with van der Waals surface area (Å²) in [6, 6.07) is 7.31. The summed E-state index contributed by atoms with van der Waals surface area (Å²) in [5.41, 5.74) is 4.62. The normalized spacial score (nSPS) is 18.7. The molecule has 0 amide bonds. The lowest BCUT2D eigenvalue weighted by atomic mass is 10.0. The number of aryl methyl sites for hydroxylation is 2. The standard InChI is InChI=1S/C18H21N5O2/c1-12-18(13(2)21-20-12)15-11-25-8-7-22(15)10-14-9-17(24)23-6-4-3-5-16(23)19-14/h3-6,9,15H,7-8,10-11H2,1-2H3,(H,20,21). The predicted molar refractivity (Wildman–Crippen MR) is 93.5 cm³/mol. The maximum atomic E-state index is 12.3. The van der Waals surface area contributed by atoms with Crippen LogP contribution >= 0.6 is 0 Å². The monoisotopic (exact) mass is 339 g/mol. The maximum Gasteiger partial charge on any atom is 0.258 e. The number of H-pyrrole nitrogens is 1. The van der Waals surface area contributed by atoms with E-state index in [9.17, 15) is 4.79 Å². The molecule has 7 nitrogen and oxygen atoms in total. The molecule has 1 fully saturated rings. The van der Waals surface area contributed by atoms with Crippen molar-refractivity contribution in [2.45, 2.75) is 26.4 Å². The molecule has 0 saturated carbocycles. The highest BCUT2D eigenvalue weighted by Gasteiger charge is 2.29. The van der Waals surface area contributed by atoms with Gasteiger partial charge in [0.05, 0.1) is 30.6 Å². The van der Waals surface area contributed by atoms with Crippen LogP contribution in [0.2, 0.25) is 0 Å². The number of pyridine rings is 1. The summed E-state index contributed by atoms with van der Waals surface area (Å²) in [6.45, 7) is 6.74. The van der Waals surface area contributed by atoms with Crippen LogP contribution in [-0.2, 0) is 11.3 Å². The average Bonchev–Trinajstić information content (AvgIpc) is 2.94. The minimum atomic E-state index is -0.0546. The van der Waals surface area contributed by atoms with Crippen LogP contribution in [-0.4, -0.2) is 44.2 Å². The third-order valence-electron chi connectivity index (χ3n) is 4.75. The van der Waals surface area contributed by atoms with E-state index in [2.05, 4.69) is 20.1 Å². The highest BCUT2D eigenvalue weighted by molar-refractivity contribution is 5.38. The summed E-state index contributed by atoms with van der Waals surface area (Å²) in [4.78, 5) is 19.3. The minimum absolute atomic E-state index is 0.0546. The molecule has 0 bridgehead atoms. The second kappa shape index (κ2) is 6.42. The van der Waals surface area contributed by atoms with Crippen molar-refractivity contribution in [3.63, 3.8) is 0 Å². The van der Waals surface area contributed by atoms with Crippen LogP contribution in [0.5, 0.6) is 0 Å². The molecule has 7 heteroatoms. The molecular weight excluding hydrogens is 318 g/mol. The molecule has 1 N–H and O–H groups in total. The third-order valence-corrected chi connectivity index (χ3v) is 4.75. The van der Waals surface area contributed by atoms with E-state index in [1.165, 1.54) is 5.56 Å². The van der Waals surface area contributed by atoms with Gasteiger partial charge >= 0.3 is 0 Å². The highest BCUT2D eigenvalue weighted by atomic mass is 16.5. The smallest absolute Gasteiger partial charge is 0.258 e. The Morgan fingerprint density at radius 2 is 2.24 bits per heavy atom. The van der Waals surface area contributed by atoms with Crippen molar-refractivity contribution < 1.29 is 4.74 Å². The van der Waals surface area contributed by atoms with E-state index in [0.29, 0.717) is 25.4 Å². The van der Waals surface area contributed by atoms with Gasteiger partial charge < -0.3 is 4.74 Å². The van der Waals surface area contributed by atoms with Gasteiger partial charge in [-0.3, -0.25) is 19.2 Å². The van der Waals surface area contributed by atoms with Crippen molar-refractivity contribution in [1.29, 1.82) is 0 Å². The Bertz CT molecular complexity index is 942. The first kappa shape index (κ1) is 16.0. The summed E-state index contributed by atoms with van der Waals surface area (Å²) < 4.78 is 7.27. The summed E-state index contributed by atoms with van der Waals surface area (Å²) in [5.74, 6) is 0. The lowest BCUT2D eigenvalue weighted by Crippen LogP contribution is -2.40. The van der Waals surface area contributed by atoms with Crippen molar-refractivity contribution in [3.8, 4) is 0 Å². The van der Waals surface area contributed by atoms with E-state index in [1.54, 1.807) is 16.7 Å². The SMILES string of the molecule is Cc1n[nH]c(C)c1C1COCCN1Cc1cc(=O)n2ccccc2n1. The van der Waals surface area contributed by atoms with Gasteiger partial charge in [0, 0.05) is 36.6 Å². The molecule has 4 rings (SSSR count). The van der Waals surface area contributed by atoms with Crippen LogP contribution in [0.15, 0.2) is 35.3 Å². The zero-order valence-electron chi connectivity index (χ0n) is 14.4. The Morgan fingerprint density at radius 3 is 3.04 bits per heavy atom. The van der Waals surface area contributed by atoms with Gasteiger partial charge in [-0.25, -0.2) is 4.98 Å². The van der Waals surface area contributed by atoms with Crippen molar-refractivity contribution in [2.75, 3.05) is 19.8 Å². The molecule has 3 aromatic heterocycles. The first-order chi connectivity index (χ1) is 12.1. The molecular formula is C18H21N5O2. The zero-order valence-corrected chi connectivity index (χ0v) is 14.4. The van der Waals surface area contributed by atoms with Crippen molar-refractivity contribution in [2.24, 2.45) is 0 Å². The second-order valence-electron chi connectivity index (χ2n) is 6.42. The molecule has 0 aliphatic carbocycles. The third kappa shape index (κ3) is 2.96. The summed E-state index contributed by atoms with van der Waals surface area (Å²) >= 11 is 0. The molecule has 1 aliphatic rings.